The summed E-state index contributed by atoms with van der Waals surface area (Å²) in [5.74, 6) is -2.47. The molecule has 4 atom stereocenters. The van der Waals surface area contributed by atoms with Gasteiger partial charge in [0.1, 0.15) is 0 Å². The van der Waals surface area contributed by atoms with Crippen LogP contribution in [0.15, 0.2) is 0 Å². The normalized spacial score (nSPS) is 28.3. The largest absolute Gasteiger partial charge is 0.481 e. The van der Waals surface area contributed by atoms with E-state index in [0.29, 0.717) is 24.5 Å². The van der Waals surface area contributed by atoms with Crippen LogP contribution in [-0.2, 0) is 20.9 Å². The maximum atomic E-state index is 12.4. The summed E-state index contributed by atoms with van der Waals surface area (Å²) < 4.78 is 7.44. The molecule has 24 heavy (non-hydrogen) atoms. The fourth-order valence-corrected chi connectivity index (χ4v) is 3.91. The number of aromatic nitrogens is 2. The number of hydrogen-bond donors (Lipinski definition) is 2. The number of aliphatic carboxylic acids is 1. The van der Waals surface area contributed by atoms with Gasteiger partial charge in [-0.3, -0.25) is 14.3 Å². The lowest BCUT2D eigenvalue weighted by atomic mass is 9.79. The van der Waals surface area contributed by atoms with Gasteiger partial charge in [-0.2, -0.15) is 5.10 Å². The van der Waals surface area contributed by atoms with Gasteiger partial charge >= 0.3 is 5.97 Å². The number of nitrogens with one attached hydrogen (secondary N) is 1. The van der Waals surface area contributed by atoms with Gasteiger partial charge in [-0.05, 0) is 33.1 Å². The zero-order chi connectivity index (χ0) is 17.4. The summed E-state index contributed by atoms with van der Waals surface area (Å²) in [5, 5.41) is 17.2. The monoisotopic (exact) mass is 355 g/mol. The second-order valence-electron chi connectivity index (χ2n) is 6.53. The van der Waals surface area contributed by atoms with E-state index in [2.05, 4.69) is 10.4 Å². The number of carboxylic acids is 1. The maximum Gasteiger partial charge on any atom is 0.310 e. The summed E-state index contributed by atoms with van der Waals surface area (Å²) in [6, 6.07) is 0. The van der Waals surface area contributed by atoms with E-state index in [9.17, 15) is 14.7 Å². The second kappa shape index (κ2) is 6.72. The molecule has 0 saturated carbocycles. The molecule has 132 valence electrons. The number of nitrogens with zero attached hydrogens (tertiary/aromatic N) is 2. The highest BCUT2D eigenvalue weighted by Gasteiger charge is 2.55. The van der Waals surface area contributed by atoms with Crippen molar-refractivity contribution in [3.05, 3.63) is 16.4 Å². The Balaban J connectivity index is 1.51. The molecule has 2 N–H and O–H groups in total. The molecule has 7 nitrogen and oxygen atoms in total. The lowest BCUT2D eigenvalue weighted by molar-refractivity contribution is -0.147. The third-order valence-corrected chi connectivity index (χ3v) is 5.55. The van der Waals surface area contributed by atoms with E-state index in [0.717, 1.165) is 24.2 Å². The van der Waals surface area contributed by atoms with Crippen LogP contribution in [-0.4, -0.2) is 45.5 Å². The van der Waals surface area contributed by atoms with Crippen LogP contribution in [0.2, 0.25) is 5.02 Å². The maximum absolute atomic E-state index is 12.4. The van der Waals surface area contributed by atoms with Gasteiger partial charge in [-0.15, -0.1) is 0 Å². The first-order chi connectivity index (χ1) is 11.4. The van der Waals surface area contributed by atoms with Crippen molar-refractivity contribution in [1.29, 1.82) is 0 Å². The molecule has 3 heterocycles. The summed E-state index contributed by atoms with van der Waals surface area (Å²) in [6.07, 6.45) is 1.61. The van der Waals surface area contributed by atoms with Crippen LogP contribution in [0.1, 0.15) is 30.7 Å². The highest BCUT2D eigenvalue weighted by Crippen LogP contribution is 2.43. The minimum absolute atomic E-state index is 0.221. The smallest absolute Gasteiger partial charge is 0.310 e. The topological polar surface area (TPSA) is 93.5 Å². The molecule has 0 aromatic carbocycles. The zero-order valence-electron chi connectivity index (χ0n) is 13.8. The van der Waals surface area contributed by atoms with Crippen molar-refractivity contribution in [2.45, 2.75) is 51.9 Å². The van der Waals surface area contributed by atoms with Crippen molar-refractivity contribution in [2.24, 2.45) is 11.8 Å². The summed E-state index contributed by atoms with van der Waals surface area (Å²) in [5.41, 5.74) is 1.70. The minimum atomic E-state index is -0.945. The molecule has 2 fully saturated rings. The molecule has 3 rings (SSSR count). The Morgan fingerprint density at radius 1 is 1.33 bits per heavy atom. The molecule has 0 aliphatic carbocycles. The van der Waals surface area contributed by atoms with E-state index in [1.807, 2.05) is 18.5 Å². The summed E-state index contributed by atoms with van der Waals surface area (Å²) in [7, 11) is 0. The number of carbonyl (C=O) groups excluding carboxylic acids is 1. The van der Waals surface area contributed by atoms with Crippen molar-refractivity contribution < 1.29 is 19.4 Å². The Morgan fingerprint density at radius 2 is 2.00 bits per heavy atom. The van der Waals surface area contributed by atoms with E-state index in [-0.39, 0.29) is 18.1 Å². The van der Waals surface area contributed by atoms with E-state index in [1.54, 1.807) is 0 Å². The molecule has 2 aliphatic rings. The van der Waals surface area contributed by atoms with E-state index < -0.39 is 17.8 Å². The Labute approximate surface area is 145 Å². The average molecular weight is 356 g/mol. The molecule has 2 aliphatic heterocycles. The van der Waals surface area contributed by atoms with Gasteiger partial charge in [0.15, 0.2) is 0 Å². The number of fused-ring (bicyclic) bond motifs is 2. The number of halogens is 1. The Hall–Kier alpha value is -1.60. The van der Waals surface area contributed by atoms with Crippen LogP contribution >= 0.6 is 11.6 Å². The SMILES string of the molecule is Cc1nn(CCCNC(=O)[C@H]2[C@@H](C(=O)O)[C@H]3CC[C@H]2O3)c(C)c1Cl. The van der Waals surface area contributed by atoms with Crippen LogP contribution in [0.4, 0.5) is 0 Å². The van der Waals surface area contributed by atoms with E-state index >= 15 is 0 Å². The molecule has 8 heteroatoms. The average Bonchev–Trinajstić information content (AvgIpc) is 3.21. The highest BCUT2D eigenvalue weighted by atomic mass is 35.5. The van der Waals surface area contributed by atoms with Crippen molar-refractivity contribution in [3.8, 4) is 0 Å². The summed E-state index contributed by atoms with van der Waals surface area (Å²) >= 11 is 6.11. The molecule has 1 aromatic heterocycles. The molecule has 0 spiro atoms. The minimum Gasteiger partial charge on any atom is -0.481 e. The number of carboxylic acid groups (broad SMARTS) is 1. The third kappa shape index (κ3) is 3.02. The van der Waals surface area contributed by atoms with Crippen LogP contribution < -0.4 is 5.32 Å². The molecule has 2 bridgehead atoms. The van der Waals surface area contributed by atoms with Crippen molar-refractivity contribution in [3.63, 3.8) is 0 Å². The van der Waals surface area contributed by atoms with Gasteiger partial charge in [0.25, 0.3) is 0 Å². The fraction of sp³-hybridized carbons (Fsp3) is 0.688. The molecule has 1 aromatic rings. The van der Waals surface area contributed by atoms with Crippen molar-refractivity contribution in [1.82, 2.24) is 15.1 Å². The number of carbonyl (C=O) groups is 2. The molecule has 2 saturated heterocycles. The first kappa shape index (κ1) is 17.2. The van der Waals surface area contributed by atoms with Crippen LogP contribution in [0, 0.1) is 25.7 Å². The first-order valence-corrected chi connectivity index (χ1v) is 8.63. The van der Waals surface area contributed by atoms with Gasteiger partial charge in [-0.1, -0.05) is 11.6 Å². The molecular formula is C16H22ClN3O4. The zero-order valence-corrected chi connectivity index (χ0v) is 14.5. The quantitative estimate of drug-likeness (QED) is 0.755. The standard InChI is InChI=1S/C16H22ClN3O4/c1-8-14(17)9(2)20(19-8)7-3-6-18-15(21)12-10-4-5-11(24-10)13(12)16(22)23/h10-13H,3-7H2,1-2H3,(H,18,21)(H,22,23)/t10-,11-,12-,13+/m1/s1. The van der Waals surface area contributed by atoms with E-state index in [1.165, 1.54) is 0 Å². The second-order valence-corrected chi connectivity index (χ2v) is 6.91. The molecule has 0 unspecified atom stereocenters. The first-order valence-electron chi connectivity index (χ1n) is 8.25. The number of amides is 1. The number of ether oxygens (including phenoxy) is 1. The predicted molar refractivity (Wildman–Crippen MR) is 86.8 cm³/mol. The van der Waals surface area contributed by atoms with Crippen LogP contribution in [0.3, 0.4) is 0 Å². The van der Waals surface area contributed by atoms with Crippen LogP contribution in [0.25, 0.3) is 0 Å². The third-order valence-electron chi connectivity index (χ3n) is 5.00. The number of aryl methyl sites for hydroxylation is 2. The van der Waals surface area contributed by atoms with Gasteiger partial charge < -0.3 is 15.2 Å². The summed E-state index contributed by atoms with van der Waals surface area (Å²) in [4.78, 5) is 23.8. The van der Waals surface area contributed by atoms with Gasteiger partial charge in [0.2, 0.25) is 5.91 Å². The Kier molecular flexibility index (Phi) is 4.83. The lowest BCUT2D eigenvalue weighted by Gasteiger charge is -2.23. The van der Waals surface area contributed by atoms with Gasteiger partial charge in [-0.25, -0.2) is 0 Å². The van der Waals surface area contributed by atoms with Crippen molar-refractivity contribution in [2.75, 3.05) is 6.54 Å². The number of hydrogen-bond acceptors (Lipinski definition) is 4. The molecule has 1 amide bonds. The summed E-state index contributed by atoms with van der Waals surface area (Å²) in [6.45, 7) is 4.88. The number of rotatable bonds is 6. The Bertz CT molecular complexity index is 660. The molecular weight excluding hydrogens is 334 g/mol. The van der Waals surface area contributed by atoms with Crippen LogP contribution in [0.5, 0.6) is 0 Å². The fourth-order valence-electron chi connectivity index (χ4n) is 3.78. The van der Waals surface area contributed by atoms with E-state index in [4.69, 9.17) is 16.3 Å². The Morgan fingerprint density at radius 3 is 2.58 bits per heavy atom. The highest BCUT2D eigenvalue weighted by molar-refractivity contribution is 6.31. The van der Waals surface area contributed by atoms with Gasteiger partial charge in [0, 0.05) is 13.1 Å². The predicted octanol–water partition coefficient (Wildman–Crippen LogP) is 1.54. The molecule has 0 radical (unpaired) electrons. The van der Waals surface area contributed by atoms with Gasteiger partial charge in [0.05, 0.1) is 40.5 Å². The lowest BCUT2D eigenvalue weighted by Crippen LogP contribution is -2.44. The van der Waals surface area contributed by atoms with Crippen molar-refractivity contribution >= 4 is 23.5 Å².